The van der Waals surface area contributed by atoms with E-state index in [1.54, 1.807) is 0 Å². The van der Waals surface area contributed by atoms with E-state index < -0.39 is 5.41 Å². The second-order valence-corrected chi connectivity index (χ2v) is 14.1. The molecule has 0 fully saturated rings. The normalized spacial score (nSPS) is 13.1. The maximum absolute atomic E-state index is 6.78. The molecular weight excluding hydrogens is 657 g/mol. The summed E-state index contributed by atoms with van der Waals surface area (Å²) in [6.07, 6.45) is 0. The molecule has 8 aromatic carbocycles. The molecule has 3 heteroatoms. The van der Waals surface area contributed by atoms with E-state index in [0.717, 1.165) is 61.5 Å². The lowest BCUT2D eigenvalue weighted by atomic mass is 9.66. The van der Waals surface area contributed by atoms with Crippen molar-refractivity contribution in [1.29, 1.82) is 0 Å². The van der Waals surface area contributed by atoms with Crippen molar-refractivity contribution in [2.24, 2.45) is 0 Å². The predicted molar refractivity (Wildman–Crippen MR) is 219 cm³/mol. The summed E-state index contributed by atoms with van der Waals surface area (Å²) in [5.41, 5.74) is 15.5. The summed E-state index contributed by atoms with van der Waals surface area (Å²) in [5.74, 6) is 2.50. The fourth-order valence-corrected chi connectivity index (χ4v) is 8.75. The zero-order chi connectivity index (χ0) is 35.6. The zero-order valence-electron chi connectivity index (χ0n) is 29.3. The Labute approximate surface area is 313 Å². The summed E-state index contributed by atoms with van der Waals surface area (Å²) >= 11 is 0. The Morgan fingerprint density at radius 2 is 0.907 bits per heavy atom. The second-order valence-electron chi connectivity index (χ2n) is 14.1. The van der Waals surface area contributed by atoms with Gasteiger partial charge in [0.2, 0.25) is 0 Å². The van der Waals surface area contributed by atoms with Gasteiger partial charge in [0.1, 0.15) is 11.5 Å². The van der Waals surface area contributed by atoms with Crippen LogP contribution in [-0.2, 0) is 5.41 Å². The van der Waals surface area contributed by atoms with Crippen molar-refractivity contribution in [2.75, 3.05) is 0 Å². The van der Waals surface area contributed by atoms with Crippen LogP contribution in [0.15, 0.2) is 194 Å². The summed E-state index contributed by atoms with van der Waals surface area (Å²) in [6, 6.07) is 68.9. The SMILES string of the molecule is c1ccc(-c2nc(-c3ccc(-c4cccc(-c5ccc6c(c5)Oc5ccccc5C65c6ccccc6-c6ccccc65)c4)cc3)nc3ccccc23)cc1. The summed E-state index contributed by atoms with van der Waals surface area (Å²) < 4.78 is 6.78. The Kier molecular flexibility index (Phi) is 6.77. The van der Waals surface area contributed by atoms with Gasteiger partial charge in [-0.1, -0.05) is 170 Å². The van der Waals surface area contributed by atoms with Crippen LogP contribution in [0.1, 0.15) is 22.3 Å². The lowest BCUT2D eigenvalue weighted by molar-refractivity contribution is 0.436. The number of hydrogen-bond acceptors (Lipinski definition) is 3. The lowest BCUT2D eigenvalue weighted by Crippen LogP contribution is -2.32. The first kappa shape index (κ1) is 30.5. The maximum Gasteiger partial charge on any atom is 0.160 e. The van der Waals surface area contributed by atoms with Crippen molar-refractivity contribution < 1.29 is 4.74 Å². The Morgan fingerprint density at radius 1 is 0.352 bits per heavy atom. The molecule has 2 aliphatic rings. The van der Waals surface area contributed by atoms with Crippen LogP contribution in [-0.4, -0.2) is 9.97 Å². The highest BCUT2D eigenvalue weighted by Gasteiger charge is 2.50. The molecule has 2 heterocycles. The van der Waals surface area contributed by atoms with Gasteiger partial charge in [-0.3, -0.25) is 0 Å². The van der Waals surface area contributed by atoms with Gasteiger partial charge in [0.15, 0.2) is 5.82 Å². The molecule has 0 radical (unpaired) electrons. The Morgan fingerprint density at radius 3 is 1.69 bits per heavy atom. The largest absolute Gasteiger partial charge is 0.457 e. The molecule has 0 atom stereocenters. The molecule has 9 aromatic rings. The van der Waals surface area contributed by atoms with Crippen molar-refractivity contribution in [3.05, 3.63) is 216 Å². The molecule has 0 N–H and O–H groups in total. The van der Waals surface area contributed by atoms with E-state index >= 15 is 0 Å². The van der Waals surface area contributed by atoms with Gasteiger partial charge >= 0.3 is 0 Å². The summed E-state index contributed by atoms with van der Waals surface area (Å²) in [4.78, 5) is 10.0. The monoisotopic (exact) mass is 688 g/mol. The van der Waals surface area contributed by atoms with Crippen LogP contribution in [0.4, 0.5) is 0 Å². The van der Waals surface area contributed by atoms with E-state index in [-0.39, 0.29) is 0 Å². The third-order valence-corrected chi connectivity index (χ3v) is 11.2. The fraction of sp³-hybridized carbons (Fsp3) is 0.0196. The molecule has 0 saturated carbocycles. The van der Waals surface area contributed by atoms with E-state index in [0.29, 0.717) is 5.82 Å². The molecule has 1 spiro atoms. The van der Waals surface area contributed by atoms with E-state index in [1.807, 2.05) is 18.2 Å². The number of ether oxygens (including phenoxy) is 1. The smallest absolute Gasteiger partial charge is 0.160 e. The van der Waals surface area contributed by atoms with Crippen molar-refractivity contribution in [1.82, 2.24) is 9.97 Å². The van der Waals surface area contributed by atoms with Gasteiger partial charge in [0.05, 0.1) is 16.6 Å². The Balaban J connectivity index is 0.975. The van der Waals surface area contributed by atoms with Gasteiger partial charge in [-0.25, -0.2) is 9.97 Å². The third kappa shape index (κ3) is 4.55. The lowest BCUT2D eigenvalue weighted by Gasteiger charge is -2.39. The summed E-state index contributed by atoms with van der Waals surface area (Å²) in [5, 5.41) is 1.05. The van der Waals surface area contributed by atoms with E-state index in [9.17, 15) is 0 Å². The zero-order valence-corrected chi connectivity index (χ0v) is 29.3. The van der Waals surface area contributed by atoms with Gasteiger partial charge in [0, 0.05) is 27.6 Å². The molecular formula is C51H32N2O. The minimum absolute atomic E-state index is 0.462. The molecule has 0 amide bonds. The van der Waals surface area contributed by atoms with E-state index in [4.69, 9.17) is 14.7 Å². The molecule has 252 valence electrons. The average molecular weight is 689 g/mol. The molecule has 11 rings (SSSR count). The minimum atomic E-state index is -0.462. The first-order valence-electron chi connectivity index (χ1n) is 18.4. The maximum atomic E-state index is 6.78. The number of nitrogens with zero attached hydrogens (tertiary/aromatic N) is 2. The van der Waals surface area contributed by atoms with Crippen molar-refractivity contribution in [2.45, 2.75) is 5.41 Å². The van der Waals surface area contributed by atoms with Gasteiger partial charge in [-0.05, 0) is 68.8 Å². The van der Waals surface area contributed by atoms with Gasteiger partial charge in [0.25, 0.3) is 0 Å². The van der Waals surface area contributed by atoms with Crippen LogP contribution in [0, 0.1) is 0 Å². The van der Waals surface area contributed by atoms with E-state index in [2.05, 4.69) is 176 Å². The van der Waals surface area contributed by atoms with Crippen molar-refractivity contribution >= 4 is 10.9 Å². The Hall–Kier alpha value is -7.10. The average Bonchev–Trinajstić information content (AvgIpc) is 3.54. The van der Waals surface area contributed by atoms with Crippen LogP contribution in [0.5, 0.6) is 11.5 Å². The highest BCUT2D eigenvalue weighted by molar-refractivity contribution is 5.94. The predicted octanol–water partition coefficient (Wildman–Crippen LogP) is 12.8. The van der Waals surface area contributed by atoms with Gasteiger partial charge in [-0.15, -0.1) is 0 Å². The fourth-order valence-electron chi connectivity index (χ4n) is 8.75. The molecule has 1 aromatic heterocycles. The molecule has 0 saturated heterocycles. The number of aromatic nitrogens is 2. The standard InChI is InChI=1S/C51H32N2O/c1-2-13-34(14-3-1)49-41-19-6-10-23-46(41)52-50(53-49)35-27-25-33(26-28-35)36-15-12-16-37(31-36)38-29-30-45-48(32-38)54-47-24-11-9-22-44(47)51(45)42-20-7-4-17-39(42)40-18-5-8-21-43(40)51/h1-32H. The number of rotatable bonds is 4. The van der Waals surface area contributed by atoms with E-state index in [1.165, 1.54) is 33.4 Å². The topological polar surface area (TPSA) is 35.0 Å². The molecule has 54 heavy (non-hydrogen) atoms. The molecule has 3 nitrogen and oxygen atoms in total. The highest BCUT2D eigenvalue weighted by atomic mass is 16.5. The molecule has 0 bridgehead atoms. The van der Waals surface area contributed by atoms with Gasteiger partial charge < -0.3 is 4.74 Å². The Bertz CT molecular complexity index is 2870. The van der Waals surface area contributed by atoms with Crippen LogP contribution in [0.3, 0.4) is 0 Å². The third-order valence-electron chi connectivity index (χ3n) is 11.2. The first-order chi connectivity index (χ1) is 26.8. The van der Waals surface area contributed by atoms with Crippen LogP contribution in [0.25, 0.3) is 66.9 Å². The van der Waals surface area contributed by atoms with Crippen molar-refractivity contribution in [3.8, 4) is 67.5 Å². The van der Waals surface area contributed by atoms with Crippen molar-refractivity contribution in [3.63, 3.8) is 0 Å². The number of fused-ring (bicyclic) bond motifs is 10. The van der Waals surface area contributed by atoms with Gasteiger partial charge in [-0.2, -0.15) is 0 Å². The highest BCUT2D eigenvalue weighted by Crippen LogP contribution is 2.62. The van der Waals surface area contributed by atoms with Crippen LogP contribution >= 0.6 is 0 Å². The molecule has 1 aliphatic carbocycles. The second kappa shape index (κ2) is 12.0. The molecule has 1 aliphatic heterocycles. The number of para-hydroxylation sites is 2. The quantitative estimate of drug-likeness (QED) is 0.185. The number of hydrogen-bond donors (Lipinski definition) is 0. The first-order valence-corrected chi connectivity index (χ1v) is 18.4. The summed E-state index contributed by atoms with van der Waals surface area (Å²) in [6.45, 7) is 0. The number of benzene rings is 8. The minimum Gasteiger partial charge on any atom is -0.457 e. The van der Waals surface area contributed by atoms with Crippen LogP contribution < -0.4 is 4.74 Å². The summed E-state index contributed by atoms with van der Waals surface area (Å²) in [7, 11) is 0. The van der Waals surface area contributed by atoms with Crippen LogP contribution in [0.2, 0.25) is 0 Å². The molecule has 0 unspecified atom stereocenters.